The van der Waals surface area contributed by atoms with E-state index >= 15 is 0 Å². The van der Waals surface area contributed by atoms with Crippen LogP contribution >= 0.6 is 0 Å². The van der Waals surface area contributed by atoms with Gasteiger partial charge in [0.25, 0.3) is 0 Å². The predicted octanol–water partition coefficient (Wildman–Crippen LogP) is 2.37. The number of aryl methyl sites for hydroxylation is 1. The van der Waals surface area contributed by atoms with E-state index < -0.39 is 0 Å². The fourth-order valence-electron chi connectivity index (χ4n) is 2.07. The zero-order valence-corrected chi connectivity index (χ0v) is 11.7. The maximum Gasteiger partial charge on any atom is 0.0998 e. The van der Waals surface area contributed by atoms with Gasteiger partial charge in [-0.05, 0) is 17.9 Å². The molecule has 2 N–H and O–H groups in total. The Balaban J connectivity index is 2.19. The van der Waals surface area contributed by atoms with E-state index in [1.165, 1.54) is 5.56 Å². The van der Waals surface area contributed by atoms with Gasteiger partial charge in [0.15, 0.2) is 0 Å². The van der Waals surface area contributed by atoms with Gasteiger partial charge in [-0.3, -0.25) is 0 Å². The molecule has 1 heterocycles. The molecule has 2 aromatic rings. The number of aromatic nitrogens is 3. The minimum Gasteiger partial charge on any atom is -0.325 e. The molecule has 4 nitrogen and oxygen atoms in total. The van der Waals surface area contributed by atoms with Crippen LogP contribution < -0.4 is 5.73 Å². The smallest absolute Gasteiger partial charge is 0.0998 e. The van der Waals surface area contributed by atoms with Crippen LogP contribution in [0, 0.1) is 5.92 Å². The monoisotopic (exact) mass is 258 g/mol. The molecule has 2 rings (SSSR count). The van der Waals surface area contributed by atoms with Gasteiger partial charge >= 0.3 is 0 Å². The molecule has 1 aromatic carbocycles. The standard InChI is InChI=1S/C15H22N4/c1-12(2)8-9-19-15(14(11-16)17-18-19)10-13-6-4-3-5-7-13/h3-7,12H,8-11,16H2,1-2H3. The molecule has 0 saturated carbocycles. The van der Waals surface area contributed by atoms with Crippen LogP contribution in [0.25, 0.3) is 0 Å². The van der Waals surface area contributed by atoms with Crippen molar-refractivity contribution in [3.63, 3.8) is 0 Å². The Kier molecular flexibility index (Phi) is 4.68. The Morgan fingerprint density at radius 2 is 1.95 bits per heavy atom. The van der Waals surface area contributed by atoms with E-state index in [2.05, 4.69) is 48.4 Å². The molecule has 0 atom stereocenters. The molecule has 0 spiro atoms. The summed E-state index contributed by atoms with van der Waals surface area (Å²) in [6, 6.07) is 10.4. The average Bonchev–Trinajstić information content (AvgIpc) is 2.80. The summed E-state index contributed by atoms with van der Waals surface area (Å²) in [7, 11) is 0. The molecule has 0 amide bonds. The summed E-state index contributed by atoms with van der Waals surface area (Å²) < 4.78 is 2.01. The summed E-state index contributed by atoms with van der Waals surface area (Å²) in [5, 5.41) is 8.44. The van der Waals surface area contributed by atoms with Crippen LogP contribution in [0.5, 0.6) is 0 Å². The van der Waals surface area contributed by atoms with Crippen molar-refractivity contribution in [2.75, 3.05) is 0 Å². The average molecular weight is 258 g/mol. The summed E-state index contributed by atoms with van der Waals surface area (Å²) >= 11 is 0. The molecule has 0 fully saturated rings. The van der Waals surface area contributed by atoms with E-state index in [-0.39, 0.29) is 0 Å². The van der Waals surface area contributed by atoms with Crippen LogP contribution in [-0.2, 0) is 19.5 Å². The zero-order chi connectivity index (χ0) is 13.7. The molecule has 0 bridgehead atoms. The number of rotatable bonds is 6. The maximum absolute atomic E-state index is 5.76. The molecule has 0 radical (unpaired) electrons. The van der Waals surface area contributed by atoms with E-state index in [4.69, 9.17) is 5.73 Å². The quantitative estimate of drug-likeness (QED) is 0.865. The Labute approximate surface area is 114 Å². The van der Waals surface area contributed by atoms with Crippen molar-refractivity contribution in [1.82, 2.24) is 15.0 Å². The van der Waals surface area contributed by atoms with Gasteiger partial charge in [0, 0.05) is 19.5 Å². The van der Waals surface area contributed by atoms with Gasteiger partial charge in [0.1, 0.15) is 0 Å². The van der Waals surface area contributed by atoms with Crippen molar-refractivity contribution in [3.05, 3.63) is 47.3 Å². The maximum atomic E-state index is 5.76. The molecule has 0 aliphatic heterocycles. The molecule has 0 aliphatic rings. The van der Waals surface area contributed by atoms with Crippen molar-refractivity contribution in [2.24, 2.45) is 11.7 Å². The molecular formula is C15H22N4. The third-order valence-corrected chi connectivity index (χ3v) is 3.24. The summed E-state index contributed by atoms with van der Waals surface area (Å²) in [5.74, 6) is 0.662. The van der Waals surface area contributed by atoms with Crippen molar-refractivity contribution >= 4 is 0 Å². The zero-order valence-electron chi connectivity index (χ0n) is 11.7. The van der Waals surface area contributed by atoms with Gasteiger partial charge < -0.3 is 5.73 Å². The van der Waals surface area contributed by atoms with Crippen molar-refractivity contribution < 1.29 is 0 Å². The minimum atomic E-state index is 0.448. The van der Waals surface area contributed by atoms with Crippen LogP contribution in [0.4, 0.5) is 0 Å². The third kappa shape index (κ3) is 3.64. The van der Waals surface area contributed by atoms with E-state index in [9.17, 15) is 0 Å². The topological polar surface area (TPSA) is 56.7 Å². The summed E-state index contributed by atoms with van der Waals surface area (Å²) in [6.07, 6.45) is 1.95. The largest absolute Gasteiger partial charge is 0.325 e. The number of hydrogen-bond acceptors (Lipinski definition) is 3. The second kappa shape index (κ2) is 6.48. The van der Waals surface area contributed by atoms with Gasteiger partial charge in [0.05, 0.1) is 11.4 Å². The lowest BCUT2D eigenvalue weighted by molar-refractivity contribution is 0.469. The highest BCUT2D eigenvalue weighted by Gasteiger charge is 2.12. The fraction of sp³-hybridized carbons (Fsp3) is 0.467. The van der Waals surface area contributed by atoms with Crippen LogP contribution in [0.15, 0.2) is 30.3 Å². The van der Waals surface area contributed by atoms with Gasteiger partial charge in [-0.15, -0.1) is 5.10 Å². The second-order valence-corrected chi connectivity index (χ2v) is 5.25. The first-order chi connectivity index (χ1) is 9.20. The SMILES string of the molecule is CC(C)CCn1nnc(CN)c1Cc1ccccc1. The summed E-state index contributed by atoms with van der Waals surface area (Å²) in [4.78, 5) is 0. The first-order valence-electron chi connectivity index (χ1n) is 6.86. The highest BCUT2D eigenvalue weighted by atomic mass is 15.4. The van der Waals surface area contributed by atoms with Gasteiger partial charge in [0.2, 0.25) is 0 Å². The lowest BCUT2D eigenvalue weighted by atomic mass is 10.1. The van der Waals surface area contributed by atoms with Crippen LogP contribution in [-0.4, -0.2) is 15.0 Å². The minimum absolute atomic E-state index is 0.448. The Hall–Kier alpha value is -1.68. The van der Waals surface area contributed by atoms with Gasteiger partial charge in [-0.25, -0.2) is 4.68 Å². The van der Waals surface area contributed by atoms with Crippen molar-refractivity contribution in [2.45, 2.75) is 39.8 Å². The molecule has 4 heteroatoms. The highest BCUT2D eigenvalue weighted by molar-refractivity contribution is 5.23. The number of nitrogens with zero attached hydrogens (tertiary/aromatic N) is 3. The fourth-order valence-corrected chi connectivity index (χ4v) is 2.07. The first-order valence-corrected chi connectivity index (χ1v) is 6.86. The van der Waals surface area contributed by atoms with Crippen LogP contribution in [0.2, 0.25) is 0 Å². The normalized spacial score (nSPS) is 11.2. The Bertz CT molecular complexity index is 502. The number of nitrogens with two attached hydrogens (primary N) is 1. The molecule has 1 aromatic heterocycles. The second-order valence-electron chi connectivity index (χ2n) is 5.25. The number of benzene rings is 1. The first kappa shape index (κ1) is 13.7. The highest BCUT2D eigenvalue weighted by Crippen LogP contribution is 2.14. The van der Waals surface area contributed by atoms with Crippen LogP contribution in [0.3, 0.4) is 0 Å². The third-order valence-electron chi connectivity index (χ3n) is 3.24. The molecular weight excluding hydrogens is 236 g/mol. The van der Waals surface area contributed by atoms with E-state index in [0.717, 1.165) is 30.8 Å². The Morgan fingerprint density at radius 3 is 2.58 bits per heavy atom. The van der Waals surface area contributed by atoms with Gasteiger partial charge in [-0.1, -0.05) is 49.4 Å². The molecule has 0 saturated heterocycles. The Morgan fingerprint density at radius 1 is 1.21 bits per heavy atom. The van der Waals surface area contributed by atoms with E-state index in [0.29, 0.717) is 12.5 Å². The molecule has 102 valence electrons. The van der Waals surface area contributed by atoms with Crippen molar-refractivity contribution in [3.8, 4) is 0 Å². The van der Waals surface area contributed by atoms with E-state index in [1.807, 2.05) is 10.7 Å². The van der Waals surface area contributed by atoms with Crippen LogP contribution in [0.1, 0.15) is 37.2 Å². The molecule has 0 unspecified atom stereocenters. The molecule has 19 heavy (non-hydrogen) atoms. The number of hydrogen-bond donors (Lipinski definition) is 1. The molecule has 0 aliphatic carbocycles. The summed E-state index contributed by atoms with van der Waals surface area (Å²) in [6.45, 7) is 5.80. The predicted molar refractivity (Wildman–Crippen MR) is 76.6 cm³/mol. The summed E-state index contributed by atoms with van der Waals surface area (Å²) in [5.41, 5.74) is 9.08. The lowest BCUT2D eigenvalue weighted by Gasteiger charge is -2.09. The van der Waals surface area contributed by atoms with Gasteiger partial charge in [-0.2, -0.15) is 0 Å². The van der Waals surface area contributed by atoms with E-state index in [1.54, 1.807) is 0 Å². The van der Waals surface area contributed by atoms with Crippen molar-refractivity contribution in [1.29, 1.82) is 0 Å². The lowest BCUT2D eigenvalue weighted by Crippen LogP contribution is -2.10.